The summed E-state index contributed by atoms with van der Waals surface area (Å²) in [6.45, 7) is 2.08. The molecule has 0 amide bonds. The summed E-state index contributed by atoms with van der Waals surface area (Å²) >= 11 is 1.17. The summed E-state index contributed by atoms with van der Waals surface area (Å²) in [5, 5.41) is 8.64. The second-order valence-corrected chi connectivity index (χ2v) is 4.34. The molecule has 0 saturated heterocycles. The average molecular weight is 230 g/mol. The molecule has 0 radical (unpaired) electrons. The van der Waals surface area contributed by atoms with Crippen LogP contribution in [0.4, 0.5) is 13.2 Å². The Morgan fingerprint density at radius 3 is 2.36 bits per heavy atom. The van der Waals surface area contributed by atoms with Gasteiger partial charge in [-0.05, 0) is 12.2 Å². The third-order valence-electron chi connectivity index (χ3n) is 1.80. The quantitative estimate of drug-likeness (QED) is 0.678. The van der Waals surface area contributed by atoms with Gasteiger partial charge in [0.2, 0.25) is 0 Å². The summed E-state index contributed by atoms with van der Waals surface area (Å²) in [5.41, 5.74) is 0. The maximum absolute atomic E-state index is 11.8. The van der Waals surface area contributed by atoms with Crippen LogP contribution in [0.25, 0.3) is 0 Å². The molecule has 1 atom stereocenters. The normalized spacial score (nSPS) is 14.4. The molecule has 14 heavy (non-hydrogen) atoms. The van der Waals surface area contributed by atoms with Crippen molar-refractivity contribution in [3.05, 3.63) is 0 Å². The van der Waals surface area contributed by atoms with Crippen molar-refractivity contribution < 1.29 is 18.3 Å². The Hall–Kier alpha value is 0.100. The van der Waals surface area contributed by atoms with Crippen LogP contribution in [0.2, 0.25) is 0 Å². The molecule has 0 aromatic carbocycles. The molecule has 0 aliphatic heterocycles. The van der Waals surface area contributed by atoms with Crippen molar-refractivity contribution in [3.8, 4) is 0 Å². The molecule has 5 heteroatoms. The molecule has 0 bridgehead atoms. The van der Waals surface area contributed by atoms with Crippen molar-refractivity contribution >= 4 is 11.8 Å². The van der Waals surface area contributed by atoms with Gasteiger partial charge in [0.15, 0.2) is 6.10 Å². The van der Waals surface area contributed by atoms with Crippen molar-refractivity contribution in [2.24, 2.45) is 0 Å². The third-order valence-corrected chi connectivity index (χ3v) is 2.92. The Bertz CT molecular complexity index is 139. The number of alkyl halides is 3. The lowest BCUT2D eigenvalue weighted by molar-refractivity contribution is -0.195. The van der Waals surface area contributed by atoms with Crippen LogP contribution >= 0.6 is 11.8 Å². The Labute approximate surface area is 87.1 Å². The molecule has 0 rings (SSSR count). The van der Waals surface area contributed by atoms with Crippen LogP contribution in [0, 0.1) is 0 Å². The molecule has 0 unspecified atom stereocenters. The third kappa shape index (κ3) is 7.50. The lowest BCUT2D eigenvalue weighted by Gasteiger charge is -2.13. The second-order valence-electron chi connectivity index (χ2n) is 3.19. The van der Waals surface area contributed by atoms with Crippen LogP contribution in [0.15, 0.2) is 0 Å². The first-order chi connectivity index (χ1) is 6.48. The van der Waals surface area contributed by atoms with Crippen LogP contribution in [-0.4, -0.2) is 28.9 Å². The first-order valence-electron chi connectivity index (χ1n) is 4.81. The highest BCUT2D eigenvalue weighted by atomic mass is 32.2. The standard InChI is InChI=1S/C9H17F3OS/c1-2-3-4-5-6-14-7-8(13)9(10,11)12/h8,13H,2-7H2,1H3/t8-/m0/s1. The van der Waals surface area contributed by atoms with Gasteiger partial charge >= 0.3 is 6.18 Å². The number of unbranched alkanes of at least 4 members (excludes halogenated alkanes) is 3. The summed E-state index contributed by atoms with van der Waals surface area (Å²) in [5.74, 6) is 0.461. The van der Waals surface area contributed by atoms with Gasteiger partial charge in [-0.2, -0.15) is 24.9 Å². The van der Waals surface area contributed by atoms with Gasteiger partial charge < -0.3 is 5.11 Å². The molecule has 1 N–H and O–H groups in total. The first kappa shape index (κ1) is 14.1. The summed E-state index contributed by atoms with van der Waals surface area (Å²) in [4.78, 5) is 0. The molecular weight excluding hydrogens is 213 g/mol. The smallest absolute Gasteiger partial charge is 0.383 e. The van der Waals surface area contributed by atoms with Crippen molar-refractivity contribution in [1.29, 1.82) is 0 Å². The van der Waals surface area contributed by atoms with Crippen molar-refractivity contribution in [3.63, 3.8) is 0 Å². The summed E-state index contributed by atoms with van der Waals surface area (Å²) in [6, 6.07) is 0. The van der Waals surface area contributed by atoms with E-state index in [1.165, 1.54) is 11.8 Å². The highest BCUT2D eigenvalue weighted by Crippen LogP contribution is 2.23. The van der Waals surface area contributed by atoms with E-state index in [0.717, 1.165) is 25.7 Å². The molecule has 1 nitrogen and oxygen atoms in total. The fourth-order valence-corrected chi connectivity index (χ4v) is 1.91. The van der Waals surface area contributed by atoms with Gasteiger partial charge in [0.25, 0.3) is 0 Å². The van der Waals surface area contributed by atoms with Gasteiger partial charge in [-0.3, -0.25) is 0 Å². The Kier molecular flexibility index (Phi) is 7.45. The number of aliphatic hydroxyl groups is 1. The zero-order valence-corrected chi connectivity index (χ0v) is 9.13. The van der Waals surface area contributed by atoms with Gasteiger partial charge in [0, 0.05) is 5.75 Å². The molecule has 0 aliphatic carbocycles. The second kappa shape index (κ2) is 7.40. The number of halogens is 3. The number of thioether (sulfide) groups is 1. The highest BCUT2D eigenvalue weighted by Gasteiger charge is 2.37. The van der Waals surface area contributed by atoms with Crippen LogP contribution in [0.1, 0.15) is 32.6 Å². The van der Waals surface area contributed by atoms with E-state index in [2.05, 4.69) is 6.92 Å². The molecule has 0 aromatic rings. The van der Waals surface area contributed by atoms with Crippen LogP contribution in [-0.2, 0) is 0 Å². The minimum Gasteiger partial charge on any atom is -0.383 e. The molecule has 0 aromatic heterocycles. The predicted molar refractivity (Wildman–Crippen MR) is 53.5 cm³/mol. The zero-order valence-electron chi connectivity index (χ0n) is 8.31. The summed E-state index contributed by atoms with van der Waals surface area (Å²) in [6.07, 6.45) is -2.39. The van der Waals surface area contributed by atoms with E-state index >= 15 is 0 Å². The van der Waals surface area contributed by atoms with Crippen molar-refractivity contribution in [2.45, 2.75) is 44.9 Å². The molecular formula is C9H17F3OS. The van der Waals surface area contributed by atoms with E-state index in [1.807, 2.05) is 0 Å². The Morgan fingerprint density at radius 1 is 1.21 bits per heavy atom. The monoisotopic (exact) mass is 230 g/mol. The minimum atomic E-state index is -4.46. The molecule has 86 valence electrons. The first-order valence-corrected chi connectivity index (χ1v) is 5.96. The predicted octanol–water partition coefficient (Wildman–Crippen LogP) is 3.22. The maximum atomic E-state index is 11.8. The van der Waals surface area contributed by atoms with Crippen molar-refractivity contribution in [1.82, 2.24) is 0 Å². The fraction of sp³-hybridized carbons (Fsp3) is 1.00. The van der Waals surface area contributed by atoms with E-state index in [4.69, 9.17) is 5.11 Å². The highest BCUT2D eigenvalue weighted by molar-refractivity contribution is 7.99. The summed E-state index contributed by atoms with van der Waals surface area (Å²) in [7, 11) is 0. The van der Waals surface area contributed by atoms with E-state index in [9.17, 15) is 13.2 Å². The topological polar surface area (TPSA) is 20.2 Å². The molecule has 0 fully saturated rings. The number of hydrogen-bond acceptors (Lipinski definition) is 2. The van der Waals surface area contributed by atoms with Crippen LogP contribution < -0.4 is 0 Å². The number of hydrogen-bond donors (Lipinski definition) is 1. The lowest BCUT2D eigenvalue weighted by atomic mass is 10.2. The lowest BCUT2D eigenvalue weighted by Crippen LogP contribution is -2.30. The van der Waals surface area contributed by atoms with E-state index in [-0.39, 0.29) is 5.75 Å². The molecule has 0 aliphatic rings. The fourth-order valence-electron chi connectivity index (χ4n) is 0.920. The average Bonchev–Trinajstić information content (AvgIpc) is 2.09. The van der Waals surface area contributed by atoms with E-state index < -0.39 is 12.3 Å². The Balaban J connectivity index is 3.28. The van der Waals surface area contributed by atoms with Crippen LogP contribution in [0.5, 0.6) is 0 Å². The van der Waals surface area contributed by atoms with E-state index in [0.29, 0.717) is 5.75 Å². The summed E-state index contributed by atoms with van der Waals surface area (Å²) < 4.78 is 35.4. The van der Waals surface area contributed by atoms with Crippen molar-refractivity contribution in [2.75, 3.05) is 11.5 Å². The number of aliphatic hydroxyl groups excluding tert-OH is 1. The molecule has 0 heterocycles. The van der Waals surface area contributed by atoms with Gasteiger partial charge in [-0.25, -0.2) is 0 Å². The van der Waals surface area contributed by atoms with E-state index in [1.54, 1.807) is 0 Å². The minimum absolute atomic E-state index is 0.240. The molecule has 0 saturated carbocycles. The number of rotatable bonds is 7. The van der Waals surface area contributed by atoms with Gasteiger partial charge in [0.1, 0.15) is 0 Å². The van der Waals surface area contributed by atoms with Crippen LogP contribution in [0.3, 0.4) is 0 Å². The van der Waals surface area contributed by atoms with Gasteiger partial charge in [-0.15, -0.1) is 0 Å². The maximum Gasteiger partial charge on any atom is 0.415 e. The largest absolute Gasteiger partial charge is 0.415 e. The zero-order chi connectivity index (χ0) is 11.0. The van der Waals surface area contributed by atoms with Gasteiger partial charge in [0.05, 0.1) is 0 Å². The molecule has 0 spiro atoms. The SMILES string of the molecule is CCCCCCSC[C@H](O)C(F)(F)F. The van der Waals surface area contributed by atoms with Gasteiger partial charge in [-0.1, -0.05) is 26.2 Å². The Morgan fingerprint density at radius 2 is 1.86 bits per heavy atom.